The van der Waals surface area contributed by atoms with Crippen LogP contribution < -0.4 is 10.5 Å². The highest BCUT2D eigenvalue weighted by molar-refractivity contribution is 5.92. The maximum absolute atomic E-state index is 14.5. The molecule has 0 spiro atoms. The summed E-state index contributed by atoms with van der Waals surface area (Å²) in [6, 6.07) is 3.19. The zero-order valence-corrected chi connectivity index (χ0v) is 20.2. The number of rotatable bonds is 7. The van der Waals surface area contributed by atoms with Gasteiger partial charge in [0.15, 0.2) is 23.1 Å². The van der Waals surface area contributed by atoms with E-state index in [9.17, 15) is 31.9 Å². The number of pyridine rings is 1. The lowest BCUT2D eigenvalue weighted by atomic mass is 9.74. The molecule has 0 radical (unpaired) electrons. The smallest absolute Gasteiger partial charge is 0.417 e. The summed E-state index contributed by atoms with van der Waals surface area (Å²) in [6.07, 6.45) is -4.03. The minimum absolute atomic E-state index is 0.0595. The van der Waals surface area contributed by atoms with Crippen LogP contribution in [0.2, 0.25) is 0 Å². The molecule has 1 aliphatic rings. The molecule has 3 atom stereocenters. The van der Waals surface area contributed by atoms with Gasteiger partial charge in [0.05, 0.1) is 12.8 Å². The van der Waals surface area contributed by atoms with Crippen molar-refractivity contribution in [2.75, 3.05) is 7.11 Å². The van der Waals surface area contributed by atoms with Crippen molar-refractivity contribution in [3.05, 3.63) is 52.9 Å². The van der Waals surface area contributed by atoms with Crippen LogP contribution in [-0.4, -0.2) is 40.8 Å². The molecule has 0 aliphatic carbocycles. The first-order valence-electron chi connectivity index (χ1n) is 10.9. The summed E-state index contributed by atoms with van der Waals surface area (Å²) in [7, 11) is 1.05. The molecule has 1 amide bonds. The first-order valence-corrected chi connectivity index (χ1v) is 10.9. The van der Waals surface area contributed by atoms with E-state index in [-0.39, 0.29) is 29.3 Å². The lowest BCUT2D eigenvalue weighted by Gasteiger charge is -2.39. The fourth-order valence-corrected chi connectivity index (χ4v) is 4.17. The van der Waals surface area contributed by atoms with Gasteiger partial charge in [0.2, 0.25) is 5.82 Å². The third-order valence-corrected chi connectivity index (χ3v) is 6.54. The van der Waals surface area contributed by atoms with Crippen molar-refractivity contribution in [3.8, 4) is 5.75 Å². The van der Waals surface area contributed by atoms with Crippen LogP contribution in [0.3, 0.4) is 0 Å². The molecule has 1 aromatic heterocycles. The number of aliphatic imine (C=N–C) groups is 1. The molecule has 2 heterocycles. The first kappa shape index (κ1) is 27.3. The van der Waals surface area contributed by atoms with E-state index < -0.39 is 52.5 Å². The van der Waals surface area contributed by atoms with Crippen molar-refractivity contribution in [2.45, 2.75) is 57.4 Å². The normalized spacial score (nSPS) is 18.2. The molecule has 196 valence electrons. The maximum atomic E-state index is 14.5. The molecular weight excluding hydrogens is 489 g/mol. The molecule has 0 bridgehead atoms. The predicted molar refractivity (Wildman–Crippen MR) is 120 cm³/mol. The standard InChI is InChI=1S/C24H26F5N3O4/c1-11(23(4,34)24(27,28)29)13(12-6-7-15(25)19(26)20(12)35-5)8-18-32-16-9-17(21(30)33)31-10-14(16)22(2,3)36-18/h6-7,9-11,13,34H,8H2,1-5H3,(H2,30,33)/t11?,13?,23-/m1/s1. The van der Waals surface area contributed by atoms with Crippen molar-refractivity contribution >= 4 is 17.5 Å². The van der Waals surface area contributed by atoms with E-state index in [0.717, 1.165) is 26.2 Å². The SMILES string of the molecule is COc1c(C(CC2=Nc3cc(C(N)=O)ncc3C(C)(C)O2)C(C)[C@@](C)(O)C(F)(F)F)ccc(F)c1F. The van der Waals surface area contributed by atoms with Gasteiger partial charge in [-0.05, 0) is 32.9 Å². The second-order valence-corrected chi connectivity index (χ2v) is 9.30. The van der Waals surface area contributed by atoms with Gasteiger partial charge in [-0.3, -0.25) is 9.78 Å². The molecule has 2 aromatic rings. The van der Waals surface area contributed by atoms with Crippen LogP contribution in [0, 0.1) is 17.6 Å². The molecule has 0 saturated carbocycles. The number of fused-ring (bicyclic) bond motifs is 1. The van der Waals surface area contributed by atoms with Crippen molar-refractivity contribution in [1.82, 2.24) is 4.98 Å². The van der Waals surface area contributed by atoms with Crippen LogP contribution in [0.5, 0.6) is 5.75 Å². The van der Waals surface area contributed by atoms with E-state index in [1.54, 1.807) is 13.8 Å². The van der Waals surface area contributed by atoms with Crippen LogP contribution >= 0.6 is 0 Å². The van der Waals surface area contributed by atoms with Gasteiger partial charge in [0.1, 0.15) is 11.3 Å². The number of carbonyl (C=O) groups excluding carboxylic acids is 1. The van der Waals surface area contributed by atoms with Gasteiger partial charge in [-0.15, -0.1) is 0 Å². The molecular formula is C24H26F5N3O4. The van der Waals surface area contributed by atoms with E-state index >= 15 is 0 Å². The molecule has 3 N–H and O–H groups in total. The van der Waals surface area contributed by atoms with Crippen molar-refractivity contribution < 1.29 is 41.3 Å². The van der Waals surface area contributed by atoms with E-state index in [0.29, 0.717) is 12.5 Å². The Morgan fingerprint density at radius 2 is 1.92 bits per heavy atom. The topological polar surface area (TPSA) is 107 Å². The van der Waals surface area contributed by atoms with Crippen LogP contribution in [0.25, 0.3) is 0 Å². The Labute approximate surface area is 204 Å². The average molecular weight is 515 g/mol. The number of nitrogens with zero attached hydrogens (tertiary/aromatic N) is 2. The molecule has 36 heavy (non-hydrogen) atoms. The molecule has 3 rings (SSSR count). The summed E-state index contributed by atoms with van der Waals surface area (Å²) < 4.78 is 80.7. The van der Waals surface area contributed by atoms with Crippen LogP contribution in [0.15, 0.2) is 29.4 Å². The molecule has 2 unspecified atom stereocenters. The number of carbonyl (C=O) groups is 1. The van der Waals surface area contributed by atoms with Gasteiger partial charge in [-0.2, -0.15) is 17.6 Å². The molecule has 0 fully saturated rings. The monoisotopic (exact) mass is 515 g/mol. The Kier molecular flexibility index (Phi) is 7.06. The number of hydrogen-bond donors (Lipinski definition) is 2. The van der Waals surface area contributed by atoms with Crippen LogP contribution in [-0.2, 0) is 10.3 Å². The van der Waals surface area contributed by atoms with Crippen LogP contribution in [0.4, 0.5) is 27.6 Å². The summed E-state index contributed by atoms with van der Waals surface area (Å²) in [5.74, 6) is -6.98. The highest BCUT2D eigenvalue weighted by atomic mass is 19.4. The number of aliphatic hydroxyl groups is 1. The van der Waals surface area contributed by atoms with Crippen molar-refractivity contribution in [2.24, 2.45) is 16.6 Å². The Morgan fingerprint density at radius 3 is 2.47 bits per heavy atom. The Balaban J connectivity index is 2.17. The largest absolute Gasteiger partial charge is 0.493 e. The molecule has 7 nitrogen and oxygen atoms in total. The van der Waals surface area contributed by atoms with E-state index in [1.807, 2.05) is 0 Å². The zero-order valence-electron chi connectivity index (χ0n) is 20.2. The Bertz CT molecular complexity index is 1210. The third-order valence-electron chi connectivity index (χ3n) is 6.54. The number of hydrogen-bond acceptors (Lipinski definition) is 6. The number of aromatic nitrogens is 1. The summed E-state index contributed by atoms with van der Waals surface area (Å²) in [6.45, 7) is 5.06. The van der Waals surface area contributed by atoms with Gasteiger partial charge in [-0.1, -0.05) is 13.0 Å². The number of benzene rings is 1. The number of ether oxygens (including phenoxy) is 2. The second-order valence-electron chi connectivity index (χ2n) is 9.30. The fourth-order valence-electron chi connectivity index (χ4n) is 4.17. The van der Waals surface area contributed by atoms with Crippen molar-refractivity contribution in [1.29, 1.82) is 0 Å². The Morgan fingerprint density at radius 1 is 1.28 bits per heavy atom. The maximum Gasteiger partial charge on any atom is 0.417 e. The summed E-state index contributed by atoms with van der Waals surface area (Å²) in [5, 5.41) is 10.5. The van der Waals surface area contributed by atoms with Crippen molar-refractivity contribution in [3.63, 3.8) is 0 Å². The summed E-state index contributed by atoms with van der Waals surface area (Å²) >= 11 is 0. The van der Waals surface area contributed by atoms with Gasteiger partial charge >= 0.3 is 6.18 Å². The lowest BCUT2D eigenvalue weighted by molar-refractivity contribution is -0.272. The fraction of sp³-hybridized carbons (Fsp3) is 0.458. The highest BCUT2D eigenvalue weighted by Gasteiger charge is 2.56. The summed E-state index contributed by atoms with van der Waals surface area (Å²) in [4.78, 5) is 19.9. The highest BCUT2D eigenvalue weighted by Crippen LogP contribution is 2.48. The van der Waals surface area contributed by atoms with Gasteiger partial charge < -0.3 is 20.3 Å². The minimum atomic E-state index is -5.04. The van der Waals surface area contributed by atoms with E-state index in [1.165, 1.54) is 12.3 Å². The number of amides is 1. The zero-order chi connectivity index (χ0) is 27.2. The second kappa shape index (κ2) is 9.30. The first-order chi connectivity index (χ1) is 16.5. The number of alkyl halides is 3. The molecule has 1 aromatic carbocycles. The third kappa shape index (κ3) is 4.86. The lowest BCUT2D eigenvalue weighted by Crippen LogP contribution is -2.50. The molecule has 12 heteroatoms. The number of halogens is 5. The number of nitrogens with two attached hydrogens (primary N) is 1. The summed E-state index contributed by atoms with van der Waals surface area (Å²) in [5.41, 5.74) is 1.57. The quantitative estimate of drug-likeness (QED) is 0.511. The van der Waals surface area contributed by atoms with Gasteiger partial charge in [0.25, 0.3) is 5.91 Å². The van der Waals surface area contributed by atoms with Gasteiger partial charge in [-0.25, -0.2) is 9.38 Å². The average Bonchev–Trinajstić information content (AvgIpc) is 2.77. The van der Waals surface area contributed by atoms with E-state index in [4.69, 9.17) is 15.2 Å². The number of methoxy groups -OCH3 is 1. The van der Waals surface area contributed by atoms with E-state index in [2.05, 4.69) is 9.98 Å². The Hall–Kier alpha value is -3.28. The predicted octanol–water partition coefficient (Wildman–Crippen LogP) is 4.89. The molecule has 0 saturated heterocycles. The number of primary amides is 1. The molecule has 1 aliphatic heterocycles. The van der Waals surface area contributed by atoms with Gasteiger partial charge in [0, 0.05) is 35.6 Å². The van der Waals surface area contributed by atoms with Crippen LogP contribution in [0.1, 0.15) is 61.6 Å². The minimum Gasteiger partial charge on any atom is -0.493 e.